The molecule has 3 rings (SSSR count). The number of carboxylic acid groups (broad SMARTS) is 1. The van der Waals surface area contributed by atoms with Crippen LogP contribution in [-0.2, 0) is 0 Å². The Kier molecular flexibility index (Phi) is 2.41. The van der Waals surface area contributed by atoms with E-state index in [9.17, 15) is 4.79 Å². The second-order valence-electron chi connectivity index (χ2n) is 4.02. The molecule has 0 saturated heterocycles. The lowest BCUT2D eigenvalue weighted by Gasteiger charge is -2.03. The SMILES string of the molecule is Cc1ccccc1-c1csc2nc(C(=O)O)cn12. The van der Waals surface area contributed by atoms with Crippen LogP contribution in [0.5, 0.6) is 0 Å². The first kappa shape index (κ1) is 11.0. The van der Waals surface area contributed by atoms with Crippen molar-refractivity contribution in [2.24, 2.45) is 0 Å². The third kappa shape index (κ3) is 1.60. The molecule has 90 valence electrons. The van der Waals surface area contributed by atoms with Crippen molar-refractivity contribution in [3.63, 3.8) is 0 Å². The Morgan fingerprint density at radius 2 is 2.17 bits per heavy atom. The van der Waals surface area contributed by atoms with Crippen molar-refractivity contribution in [1.82, 2.24) is 9.38 Å². The minimum Gasteiger partial charge on any atom is -0.476 e. The third-order valence-electron chi connectivity index (χ3n) is 2.85. The van der Waals surface area contributed by atoms with E-state index in [0.29, 0.717) is 4.96 Å². The van der Waals surface area contributed by atoms with Gasteiger partial charge in [0.15, 0.2) is 10.7 Å². The fourth-order valence-corrected chi connectivity index (χ4v) is 2.81. The van der Waals surface area contributed by atoms with Gasteiger partial charge in [0.25, 0.3) is 0 Å². The molecule has 0 fully saturated rings. The molecule has 3 aromatic rings. The minimum atomic E-state index is -0.998. The fraction of sp³-hybridized carbons (Fsp3) is 0.0769. The summed E-state index contributed by atoms with van der Waals surface area (Å²) in [4.78, 5) is 15.7. The third-order valence-corrected chi connectivity index (χ3v) is 3.69. The van der Waals surface area contributed by atoms with Crippen LogP contribution in [0.15, 0.2) is 35.8 Å². The molecule has 1 aromatic carbocycles. The first-order chi connectivity index (χ1) is 8.66. The zero-order valence-electron chi connectivity index (χ0n) is 9.62. The molecule has 0 aliphatic rings. The average Bonchev–Trinajstić information content (AvgIpc) is 2.89. The molecule has 0 saturated carbocycles. The summed E-state index contributed by atoms with van der Waals surface area (Å²) in [6, 6.07) is 8.02. The number of aromatic nitrogens is 2. The van der Waals surface area contributed by atoms with Gasteiger partial charge in [-0.3, -0.25) is 4.40 Å². The number of thiazole rings is 1. The van der Waals surface area contributed by atoms with Crippen molar-refractivity contribution in [1.29, 1.82) is 0 Å². The van der Waals surface area contributed by atoms with E-state index in [2.05, 4.69) is 4.98 Å². The van der Waals surface area contributed by atoms with Gasteiger partial charge in [-0.2, -0.15) is 0 Å². The summed E-state index contributed by atoms with van der Waals surface area (Å²) in [5.74, 6) is -0.998. The Bertz CT molecular complexity index is 742. The second-order valence-corrected chi connectivity index (χ2v) is 4.86. The van der Waals surface area contributed by atoms with Crippen LogP contribution in [0.1, 0.15) is 16.1 Å². The van der Waals surface area contributed by atoms with Crippen molar-refractivity contribution in [2.75, 3.05) is 0 Å². The summed E-state index contributed by atoms with van der Waals surface area (Å²) >= 11 is 1.44. The largest absolute Gasteiger partial charge is 0.476 e. The van der Waals surface area contributed by atoms with Crippen LogP contribution in [0.4, 0.5) is 0 Å². The Morgan fingerprint density at radius 1 is 1.39 bits per heavy atom. The molecule has 0 amide bonds. The second kappa shape index (κ2) is 3.96. The number of aryl methyl sites for hydroxylation is 1. The van der Waals surface area contributed by atoms with Gasteiger partial charge in [0, 0.05) is 17.1 Å². The summed E-state index contributed by atoms with van der Waals surface area (Å²) in [5, 5.41) is 10.9. The number of benzene rings is 1. The molecule has 18 heavy (non-hydrogen) atoms. The van der Waals surface area contributed by atoms with E-state index in [1.165, 1.54) is 11.3 Å². The standard InChI is InChI=1S/C13H10N2O2S/c1-8-4-2-3-5-9(8)11-7-18-13-14-10(12(16)17)6-15(11)13/h2-7H,1H3,(H,16,17). The maximum Gasteiger partial charge on any atom is 0.356 e. The normalized spacial score (nSPS) is 10.9. The number of carboxylic acids is 1. The summed E-state index contributed by atoms with van der Waals surface area (Å²) in [7, 11) is 0. The van der Waals surface area contributed by atoms with Gasteiger partial charge >= 0.3 is 5.97 Å². The Hall–Kier alpha value is -2.14. The number of carbonyl (C=O) groups is 1. The van der Waals surface area contributed by atoms with Crippen molar-refractivity contribution < 1.29 is 9.90 Å². The zero-order chi connectivity index (χ0) is 12.7. The average molecular weight is 258 g/mol. The van der Waals surface area contributed by atoms with Crippen LogP contribution in [0.3, 0.4) is 0 Å². The highest BCUT2D eigenvalue weighted by molar-refractivity contribution is 7.15. The Balaban J connectivity index is 2.24. The molecule has 0 aliphatic carbocycles. The van der Waals surface area contributed by atoms with E-state index in [-0.39, 0.29) is 5.69 Å². The first-order valence-electron chi connectivity index (χ1n) is 5.42. The highest BCUT2D eigenvalue weighted by atomic mass is 32.1. The highest BCUT2D eigenvalue weighted by Crippen LogP contribution is 2.28. The van der Waals surface area contributed by atoms with Gasteiger partial charge in [0.2, 0.25) is 0 Å². The van der Waals surface area contributed by atoms with Gasteiger partial charge in [-0.1, -0.05) is 24.3 Å². The molecule has 2 heterocycles. The monoisotopic (exact) mass is 258 g/mol. The van der Waals surface area contributed by atoms with Crippen LogP contribution in [-0.4, -0.2) is 20.5 Å². The molecule has 0 atom stereocenters. The molecule has 1 N–H and O–H groups in total. The number of hydrogen-bond acceptors (Lipinski definition) is 3. The molecule has 0 radical (unpaired) electrons. The van der Waals surface area contributed by atoms with Gasteiger partial charge in [0.1, 0.15) is 0 Å². The van der Waals surface area contributed by atoms with Crippen LogP contribution < -0.4 is 0 Å². The predicted molar refractivity (Wildman–Crippen MR) is 70.2 cm³/mol. The van der Waals surface area contributed by atoms with E-state index < -0.39 is 5.97 Å². The van der Waals surface area contributed by atoms with E-state index in [1.807, 2.05) is 41.0 Å². The number of hydrogen-bond donors (Lipinski definition) is 1. The molecule has 4 nitrogen and oxygen atoms in total. The Labute approximate surface area is 107 Å². The molecule has 5 heteroatoms. The number of aromatic carboxylic acids is 1. The summed E-state index contributed by atoms with van der Waals surface area (Å²) in [5.41, 5.74) is 3.31. The molecular formula is C13H10N2O2S. The molecular weight excluding hydrogens is 248 g/mol. The van der Waals surface area contributed by atoms with Crippen LogP contribution in [0, 0.1) is 6.92 Å². The minimum absolute atomic E-state index is 0.0803. The lowest BCUT2D eigenvalue weighted by molar-refractivity contribution is 0.0691. The Morgan fingerprint density at radius 3 is 2.89 bits per heavy atom. The van der Waals surface area contributed by atoms with E-state index >= 15 is 0 Å². The number of rotatable bonds is 2. The quantitative estimate of drug-likeness (QED) is 0.768. The van der Waals surface area contributed by atoms with Gasteiger partial charge in [-0.15, -0.1) is 11.3 Å². The van der Waals surface area contributed by atoms with Crippen molar-refractivity contribution in [3.05, 3.63) is 47.1 Å². The van der Waals surface area contributed by atoms with Gasteiger partial charge < -0.3 is 5.11 Å². The fourth-order valence-electron chi connectivity index (χ4n) is 1.94. The van der Waals surface area contributed by atoms with Gasteiger partial charge in [0.05, 0.1) is 5.69 Å². The summed E-state index contributed by atoms with van der Waals surface area (Å²) in [6.45, 7) is 2.04. The summed E-state index contributed by atoms with van der Waals surface area (Å²) < 4.78 is 1.83. The number of imidazole rings is 1. The molecule has 0 bridgehead atoms. The lowest BCUT2D eigenvalue weighted by atomic mass is 10.1. The van der Waals surface area contributed by atoms with Crippen LogP contribution in [0.2, 0.25) is 0 Å². The topological polar surface area (TPSA) is 54.6 Å². The van der Waals surface area contributed by atoms with Gasteiger partial charge in [-0.05, 0) is 12.5 Å². The lowest BCUT2D eigenvalue weighted by Crippen LogP contribution is -1.95. The number of nitrogens with zero attached hydrogens (tertiary/aromatic N) is 2. The maximum atomic E-state index is 10.9. The summed E-state index contributed by atoms with van der Waals surface area (Å²) in [6.07, 6.45) is 1.57. The molecule has 0 spiro atoms. The van der Waals surface area contributed by atoms with E-state index in [4.69, 9.17) is 5.11 Å². The molecule has 0 aliphatic heterocycles. The smallest absolute Gasteiger partial charge is 0.356 e. The van der Waals surface area contributed by atoms with Crippen molar-refractivity contribution in [2.45, 2.75) is 6.92 Å². The zero-order valence-corrected chi connectivity index (χ0v) is 10.4. The molecule has 2 aromatic heterocycles. The van der Waals surface area contributed by atoms with Crippen LogP contribution in [0.25, 0.3) is 16.2 Å². The highest BCUT2D eigenvalue weighted by Gasteiger charge is 2.14. The van der Waals surface area contributed by atoms with E-state index in [1.54, 1.807) is 6.20 Å². The maximum absolute atomic E-state index is 10.9. The van der Waals surface area contributed by atoms with E-state index in [0.717, 1.165) is 16.8 Å². The predicted octanol–water partition coefficient (Wildman–Crippen LogP) is 3.07. The first-order valence-corrected chi connectivity index (χ1v) is 6.30. The van der Waals surface area contributed by atoms with Crippen LogP contribution >= 0.6 is 11.3 Å². The van der Waals surface area contributed by atoms with Gasteiger partial charge in [-0.25, -0.2) is 9.78 Å². The number of fused-ring (bicyclic) bond motifs is 1. The van der Waals surface area contributed by atoms with Crippen molar-refractivity contribution >= 4 is 22.3 Å². The van der Waals surface area contributed by atoms with Crippen molar-refractivity contribution in [3.8, 4) is 11.3 Å². The molecule has 0 unspecified atom stereocenters.